The second-order valence-corrected chi connectivity index (χ2v) is 6.88. The number of sulfonamides is 1. The van der Waals surface area contributed by atoms with Gasteiger partial charge in [-0.15, -0.1) is 0 Å². The van der Waals surface area contributed by atoms with Gasteiger partial charge in [0.05, 0.1) is 5.69 Å². The zero-order valence-electron chi connectivity index (χ0n) is 9.73. The molecule has 1 aliphatic heterocycles. The average Bonchev–Trinajstić information content (AvgIpc) is 2.27. The Hall–Kier alpha value is -1.12. The fourth-order valence-electron chi connectivity index (χ4n) is 1.48. The summed E-state index contributed by atoms with van der Waals surface area (Å²) < 4.78 is 30.8. The number of carbonyl (C=O) groups excluding carboxylic acids is 1. The summed E-state index contributed by atoms with van der Waals surface area (Å²) in [4.78, 5) is 11.2. The van der Waals surface area contributed by atoms with Crippen LogP contribution in [-0.4, -0.2) is 39.3 Å². The standard InChI is InChI=1S/C10H11BrN2O4S/c1-13(2)18(15,16)9-4-8-7(3-6(9)11)12-10(14)5-17-8/h3-4H,5H2,1-2H3,(H,12,14). The van der Waals surface area contributed by atoms with Crippen LogP contribution in [0.1, 0.15) is 0 Å². The molecule has 18 heavy (non-hydrogen) atoms. The van der Waals surface area contributed by atoms with E-state index in [9.17, 15) is 13.2 Å². The number of ether oxygens (including phenoxy) is 1. The van der Waals surface area contributed by atoms with Gasteiger partial charge in [0.2, 0.25) is 10.0 Å². The van der Waals surface area contributed by atoms with Gasteiger partial charge in [0.25, 0.3) is 5.91 Å². The van der Waals surface area contributed by atoms with Crippen LogP contribution in [-0.2, 0) is 14.8 Å². The minimum atomic E-state index is -3.56. The molecule has 6 nitrogen and oxygen atoms in total. The van der Waals surface area contributed by atoms with E-state index >= 15 is 0 Å². The maximum atomic E-state index is 12.1. The molecule has 1 N–H and O–H groups in total. The van der Waals surface area contributed by atoms with Gasteiger partial charge in [-0.2, -0.15) is 0 Å². The lowest BCUT2D eigenvalue weighted by molar-refractivity contribution is -0.118. The fraction of sp³-hybridized carbons (Fsp3) is 0.300. The Labute approximate surface area is 113 Å². The maximum absolute atomic E-state index is 12.1. The molecule has 0 aromatic heterocycles. The van der Waals surface area contributed by atoms with Crippen molar-refractivity contribution in [3.8, 4) is 5.75 Å². The third-order valence-corrected chi connectivity index (χ3v) is 5.20. The van der Waals surface area contributed by atoms with Crippen molar-refractivity contribution < 1.29 is 17.9 Å². The molecule has 0 saturated carbocycles. The maximum Gasteiger partial charge on any atom is 0.262 e. The van der Waals surface area contributed by atoms with Gasteiger partial charge < -0.3 is 10.1 Å². The molecule has 1 aromatic rings. The first-order chi connectivity index (χ1) is 8.32. The largest absolute Gasteiger partial charge is 0.482 e. The van der Waals surface area contributed by atoms with Crippen LogP contribution in [0.5, 0.6) is 5.75 Å². The van der Waals surface area contributed by atoms with Crippen LogP contribution < -0.4 is 10.1 Å². The normalized spacial score (nSPS) is 15.0. The van der Waals surface area contributed by atoms with E-state index in [-0.39, 0.29) is 17.4 Å². The first-order valence-electron chi connectivity index (χ1n) is 5.01. The third kappa shape index (κ3) is 2.23. The summed E-state index contributed by atoms with van der Waals surface area (Å²) in [5, 5.41) is 2.61. The van der Waals surface area contributed by atoms with Crippen LogP contribution in [0.15, 0.2) is 21.5 Å². The number of anilines is 1. The summed E-state index contributed by atoms with van der Waals surface area (Å²) in [6.45, 7) is -0.115. The van der Waals surface area contributed by atoms with Crippen LogP contribution in [0.3, 0.4) is 0 Å². The van der Waals surface area contributed by atoms with Crippen molar-refractivity contribution in [2.75, 3.05) is 26.0 Å². The molecule has 8 heteroatoms. The third-order valence-electron chi connectivity index (χ3n) is 2.43. The minimum Gasteiger partial charge on any atom is -0.482 e. The molecule has 0 radical (unpaired) electrons. The zero-order valence-corrected chi connectivity index (χ0v) is 12.1. The Bertz CT molecular complexity index is 613. The number of nitrogens with zero attached hydrogens (tertiary/aromatic N) is 1. The summed E-state index contributed by atoms with van der Waals surface area (Å²) in [5.41, 5.74) is 0.454. The van der Waals surface area contributed by atoms with Crippen molar-refractivity contribution >= 4 is 37.5 Å². The molecule has 1 amide bonds. The van der Waals surface area contributed by atoms with E-state index in [1.807, 2.05) is 0 Å². The first kappa shape index (κ1) is 13.3. The number of rotatable bonds is 2. The molecule has 98 valence electrons. The molecule has 1 aromatic carbocycles. The van der Waals surface area contributed by atoms with E-state index in [0.717, 1.165) is 4.31 Å². The lowest BCUT2D eigenvalue weighted by atomic mass is 10.2. The lowest BCUT2D eigenvalue weighted by Crippen LogP contribution is -2.27. The second kappa shape index (κ2) is 4.52. The van der Waals surface area contributed by atoms with Crippen molar-refractivity contribution in [3.63, 3.8) is 0 Å². The van der Waals surface area contributed by atoms with E-state index < -0.39 is 10.0 Å². The second-order valence-electron chi connectivity index (χ2n) is 3.90. The molecule has 0 fully saturated rings. The van der Waals surface area contributed by atoms with Crippen LogP contribution in [0, 0.1) is 0 Å². The smallest absolute Gasteiger partial charge is 0.262 e. The lowest BCUT2D eigenvalue weighted by Gasteiger charge is -2.20. The van der Waals surface area contributed by atoms with Crippen LogP contribution in [0.2, 0.25) is 0 Å². The number of hydrogen-bond donors (Lipinski definition) is 1. The number of hydrogen-bond acceptors (Lipinski definition) is 4. The van der Waals surface area contributed by atoms with Gasteiger partial charge in [-0.05, 0) is 22.0 Å². The van der Waals surface area contributed by atoms with E-state index in [1.165, 1.54) is 26.2 Å². The number of benzene rings is 1. The van der Waals surface area contributed by atoms with Gasteiger partial charge in [0.1, 0.15) is 10.6 Å². The highest BCUT2D eigenvalue weighted by Crippen LogP contribution is 2.36. The van der Waals surface area contributed by atoms with Gasteiger partial charge in [0, 0.05) is 24.6 Å². The highest BCUT2D eigenvalue weighted by atomic mass is 79.9. The molecule has 1 heterocycles. The fourth-order valence-corrected chi connectivity index (χ4v) is 3.39. The van der Waals surface area contributed by atoms with Crippen molar-refractivity contribution in [2.45, 2.75) is 4.90 Å². The monoisotopic (exact) mass is 334 g/mol. The molecule has 0 bridgehead atoms. The van der Waals surface area contributed by atoms with Gasteiger partial charge >= 0.3 is 0 Å². The summed E-state index contributed by atoms with van der Waals surface area (Å²) in [6, 6.07) is 2.91. The van der Waals surface area contributed by atoms with E-state index in [1.54, 1.807) is 0 Å². The summed E-state index contributed by atoms with van der Waals surface area (Å²) in [6.07, 6.45) is 0. The van der Waals surface area contributed by atoms with E-state index in [2.05, 4.69) is 21.2 Å². The predicted octanol–water partition coefficient (Wildman–Crippen LogP) is 1.03. The Morgan fingerprint density at radius 3 is 2.67 bits per heavy atom. The molecule has 0 saturated heterocycles. The number of carbonyl (C=O) groups is 1. The van der Waals surface area contributed by atoms with Gasteiger partial charge in [-0.25, -0.2) is 12.7 Å². The summed E-state index contributed by atoms with van der Waals surface area (Å²) >= 11 is 3.19. The highest BCUT2D eigenvalue weighted by Gasteiger charge is 2.25. The SMILES string of the molecule is CN(C)S(=O)(=O)c1cc2c(cc1Br)NC(=O)CO2. The average molecular weight is 335 g/mol. The Balaban J connectivity index is 2.56. The quantitative estimate of drug-likeness (QED) is 0.876. The zero-order chi connectivity index (χ0) is 13.5. The Morgan fingerprint density at radius 1 is 1.39 bits per heavy atom. The van der Waals surface area contributed by atoms with Crippen molar-refractivity contribution in [3.05, 3.63) is 16.6 Å². The van der Waals surface area contributed by atoms with Crippen LogP contribution in [0.25, 0.3) is 0 Å². The number of amides is 1. The molecule has 1 aliphatic rings. The molecular formula is C10H11BrN2O4S. The van der Waals surface area contributed by atoms with Crippen LogP contribution >= 0.6 is 15.9 Å². The van der Waals surface area contributed by atoms with Crippen molar-refractivity contribution in [2.24, 2.45) is 0 Å². The molecule has 0 atom stereocenters. The van der Waals surface area contributed by atoms with Gasteiger partial charge in [-0.1, -0.05) is 0 Å². The van der Waals surface area contributed by atoms with Gasteiger partial charge in [0.15, 0.2) is 6.61 Å². The highest BCUT2D eigenvalue weighted by molar-refractivity contribution is 9.10. The van der Waals surface area contributed by atoms with Crippen molar-refractivity contribution in [1.82, 2.24) is 4.31 Å². The first-order valence-corrected chi connectivity index (χ1v) is 7.24. The topological polar surface area (TPSA) is 75.7 Å². The molecular weight excluding hydrogens is 324 g/mol. The van der Waals surface area contributed by atoms with E-state index in [4.69, 9.17) is 4.74 Å². The minimum absolute atomic E-state index is 0.0994. The van der Waals surface area contributed by atoms with Crippen LogP contribution in [0.4, 0.5) is 5.69 Å². The number of fused-ring (bicyclic) bond motifs is 1. The predicted molar refractivity (Wildman–Crippen MR) is 69.1 cm³/mol. The Morgan fingerprint density at radius 2 is 2.06 bits per heavy atom. The summed E-state index contributed by atoms with van der Waals surface area (Å²) in [5.74, 6) is 0.0795. The van der Waals surface area contributed by atoms with Crippen molar-refractivity contribution in [1.29, 1.82) is 0 Å². The number of halogens is 1. The molecule has 0 aliphatic carbocycles. The van der Waals surface area contributed by atoms with Gasteiger partial charge in [-0.3, -0.25) is 4.79 Å². The molecule has 0 unspecified atom stereocenters. The molecule has 2 rings (SSSR count). The number of nitrogens with one attached hydrogen (secondary N) is 1. The summed E-state index contributed by atoms with van der Waals surface area (Å²) in [7, 11) is -0.664. The van der Waals surface area contributed by atoms with E-state index in [0.29, 0.717) is 15.9 Å². The molecule has 0 spiro atoms. The Kier molecular flexibility index (Phi) is 3.35.